The maximum absolute atomic E-state index is 12.7. The van der Waals surface area contributed by atoms with Crippen LogP contribution in [0.5, 0.6) is 0 Å². The molecule has 1 aromatic carbocycles. The summed E-state index contributed by atoms with van der Waals surface area (Å²) in [6.45, 7) is 2.33. The van der Waals surface area contributed by atoms with Crippen molar-refractivity contribution in [3.05, 3.63) is 45.3 Å². The lowest BCUT2D eigenvalue weighted by Gasteiger charge is -2.13. The standard InChI is InChI=1S/C20H20N4O4S3/c1-3-16-22-23-19(31-16)21-15(25)5-4-10-24-17(26)14(30-20(24)29)11-12-6-8-13(9-7-12)18(27)28-2/h6-9,11H,3-5,10H2,1-2H3,(H,21,23,25)/b14-11-. The van der Waals surface area contributed by atoms with Crippen molar-refractivity contribution >= 4 is 68.6 Å². The lowest BCUT2D eigenvalue weighted by atomic mass is 10.1. The monoisotopic (exact) mass is 476 g/mol. The molecule has 2 heterocycles. The Bertz CT molecular complexity index is 1030. The van der Waals surface area contributed by atoms with Crippen molar-refractivity contribution in [2.45, 2.75) is 26.2 Å². The Hall–Kier alpha value is -2.63. The van der Waals surface area contributed by atoms with E-state index in [2.05, 4.69) is 20.3 Å². The van der Waals surface area contributed by atoms with Crippen LogP contribution in [0, 0.1) is 0 Å². The first-order valence-corrected chi connectivity index (χ1v) is 11.5. The molecule has 1 aromatic heterocycles. The van der Waals surface area contributed by atoms with Gasteiger partial charge >= 0.3 is 5.97 Å². The number of thiocarbonyl (C=S) groups is 1. The Morgan fingerprint density at radius 1 is 1.26 bits per heavy atom. The molecule has 2 amide bonds. The number of ether oxygens (including phenoxy) is 1. The molecule has 3 rings (SSSR count). The van der Waals surface area contributed by atoms with Gasteiger partial charge in [0.2, 0.25) is 11.0 Å². The van der Waals surface area contributed by atoms with Crippen molar-refractivity contribution in [3.63, 3.8) is 0 Å². The summed E-state index contributed by atoms with van der Waals surface area (Å²) in [6, 6.07) is 6.75. The largest absolute Gasteiger partial charge is 0.465 e. The number of anilines is 1. The zero-order chi connectivity index (χ0) is 22.4. The zero-order valence-electron chi connectivity index (χ0n) is 16.9. The second-order valence-corrected chi connectivity index (χ2v) is 9.19. The highest BCUT2D eigenvalue weighted by Gasteiger charge is 2.31. The van der Waals surface area contributed by atoms with Gasteiger partial charge in [-0.2, -0.15) is 0 Å². The molecule has 0 radical (unpaired) electrons. The van der Waals surface area contributed by atoms with Gasteiger partial charge in [-0.25, -0.2) is 4.79 Å². The van der Waals surface area contributed by atoms with Crippen molar-refractivity contribution in [1.29, 1.82) is 0 Å². The summed E-state index contributed by atoms with van der Waals surface area (Å²) >= 11 is 7.90. The van der Waals surface area contributed by atoms with Crippen molar-refractivity contribution in [3.8, 4) is 0 Å². The van der Waals surface area contributed by atoms with E-state index in [1.807, 2.05) is 6.92 Å². The molecule has 1 saturated heterocycles. The molecule has 0 aliphatic carbocycles. The molecule has 0 bridgehead atoms. The van der Waals surface area contributed by atoms with Crippen LogP contribution in [0.3, 0.4) is 0 Å². The van der Waals surface area contributed by atoms with Gasteiger partial charge in [0.05, 0.1) is 17.6 Å². The molecule has 8 nitrogen and oxygen atoms in total. The summed E-state index contributed by atoms with van der Waals surface area (Å²) in [5.41, 5.74) is 1.21. The summed E-state index contributed by atoms with van der Waals surface area (Å²) in [5.74, 6) is -0.784. The topological polar surface area (TPSA) is 101 Å². The average molecular weight is 477 g/mol. The summed E-state index contributed by atoms with van der Waals surface area (Å²) in [4.78, 5) is 38.3. The predicted octanol–water partition coefficient (Wildman–Crippen LogP) is 3.51. The summed E-state index contributed by atoms with van der Waals surface area (Å²) in [5, 5.41) is 11.9. The maximum atomic E-state index is 12.7. The molecule has 1 fully saturated rings. The molecule has 0 saturated carbocycles. The van der Waals surface area contributed by atoms with E-state index in [1.165, 1.54) is 35.1 Å². The van der Waals surface area contributed by atoms with Gasteiger partial charge < -0.3 is 10.1 Å². The second kappa shape index (κ2) is 10.6. The Balaban J connectivity index is 1.53. The molecule has 11 heteroatoms. The molecule has 1 N–H and O–H groups in total. The molecule has 31 heavy (non-hydrogen) atoms. The zero-order valence-corrected chi connectivity index (χ0v) is 19.4. The van der Waals surface area contributed by atoms with Crippen molar-refractivity contribution < 1.29 is 19.1 Å². The van der Waals surface area contributed by atoms with Gasteiger partial charge in [-0.15, -0.1) is 10.2 Å². The van der Waals surface area contributed by atoms with E-state index in [1.54, 1.807) is 30.3 Å². The highest BCUT2D eigenvalue weighted by Crippen LogP contribution is 2.32. The van der Waals surface area contributed by atoms with Crippen LogP contribution in [0.25, 0.3) is 6.08 Å². The third kappa shape index (κ3) is 5.96. The van der Waals surface area contributed by atoms with Crippen molar-refractivity contribution in [2.24, 2.45) is 0 Å². The number of esters is 1. The van der Waals surface area contributed by atoms with E-state index in [4.69, 9.17) is 12.2 Å². The molecule has 0 spiro atoms. The number of nitrogens with one attached hydrogen (secondary N) is 1. The van der Waals surface area contributed by atoms with Gasteiger partial charge in [0.15, 0.2) is 0 Å². The number of amides is 2. The van der Waals surface area contributed by atoms with Crippen LogP contribution in [0.1, 0.15) is 40.7 Å². The fraction of sp³-hybridized carbons (Fsp3) is 0.300. The number of aromatic nitrogens is 2. The van der Waals surface area contributed by atoms with E-state index in [-0.39, 0.29) is 18.2 Å². The summed E-state index contributed by atoms with van der Waals surface area (Å²) in [7, 11) is 1.32. The van der Waals surface area contributed by atoms with Crippen molar-refractivity contribution in [2.75, 3.05) is 19.0 Å². The van der Waals surface area contributed by atoms with Crippen LogP contribution < -0.4 is 5.32 Å². The fourth-order valence-corrected chi connectivity index (χ4v) is 4.71. The highest BCUT2D eigenvalue weighted by molar-refractivity contribution is 8.26. The second-order valence-electron chi connectivity index (χ2n) is 6.45. The van der Waals surface area contributed by atoms with E-state index in [9.17, 15) is 14.4 Å². The lowest BCUT2D eigenvalue weighted by molar-refractivity contribution is -0.122. The van der Waals surface area contributed by atoms with Crippen LogP contribution in [-0.4, -0.2) is 50.9 Å². The minimum atomic E-state index is -0.418. The van der Waals surface area contributed by atoms with Gasteiger partial charge in [-0.3, -0.25) is 14.5 Å². The molecule has 1 aliphatic rings. The third-order valence-electron chi connectivity index (χ3n) is 4.30. The van der Waals surface area contributed by atoms with Gasteiger partial charge in [0.1, 0.15) is 9.33 Å². The van der Waals surface area contributed by atoms with E-state index < -0.39 is 5.97 Å². The number of methoxy groups -OCH3 is 1. The molecule has 0 atom stereocenters. The average Bonchev–Trinajstić information content (AvgIpc) is 3.32. The van der Waals surface area contributed by atoms with Crippen LogP contribution in [0.4, 0.5) is 5.13 Å². The molecule has 1 aliphatic heterocycles. The highest BCUT2D eigenvalue weighted by atomic mass is 32.2. The van der Waals surface area contributed by atoms with Gasteiger partial charge in [0, 0.05) is 13.0 Å². The number of hydrogen-bond acceptors (Lipinski definition) is 9. The molecular weight excluding hydrogens is 456 g/mol. The number of carbonyl (C=O) groups excluding carboxylic acids is 3. The maximum Gasteiger partial charge on any atom is 0.337 e. The number of rotatable bonds is 8. The fourth-order valence-electron chi connectivity index (χ4n) is 2.70. The third-order valence-corrected chi connectivity index (χ3v) is 6.67. The van der Waals surface area contributed by atoms with Gasteiger partial charge in [-0.05, 0) is 36.6 Å². The van der Waals surface area contributed by atoms with E-state index >= 15 is 0 Å². The number of nitrogens with zero attached hydrogens (tertiary/aromatic N) is 3. The van der Waals surface area contributed by atoms with Crippen LogP contribution in [-0.2, 0) is 20.7 Å². The Kier molecular flexibility index (Phi) is 7.88. The SMILES string of the molecule is CCc1nnc(NC(=O)CCCN2C(=O)/C(=C/c3ccc(C(=O)OC)cc3)SC2=S)s1. The minimum absolute atomic E-state index is 0.175. The van der Waals surface area contributed by atoms with E-state index in [0.717, 1.165) is 17.0 Å². The smallest absolute Gasteiger partial charge is 0.337 e. The van der Waals surface area contributed by atoms with E-state index in [0.29, 0.717) is 32.9 Å². The number of hydrogen-bond donors (Lipinski definition) is 1. The first kappa shape index (κ1) is 23.0. The molecular formula is C20H20N4O4S3. The minimum Gasteiger partial charge on any atom is -0.465 e. The number of aryl methyl sites for hydroxylation is 1. The lowest BCUT2D eigenvalue weighted by Crippen LogP contribution is -2.29. The van der Waals surface area contributed by atoms with Gasteiger partial charge in [0.25, 0.3) is 5.91 Å². The molecule has 0 unspecified atom stereocenters. The predicted molar refractivity (Wildman–Crippen MR) is 125 cm³/mol. The molecule has 2 aromatic rings. The Labute approximate surface area is 193 Å². The summed E-state index contributed by atoms with van der Waals surface area (Å²) in [6.07, 6.45) is 3.21. The Morgan fingerprint density at radius 2 is 2.00 bits per heavy atom. The van der Waals surface area contributed by atoms with Gasteiger partial charge in [-0.1, -0.05) is 54.4 Å². The van der Waals surface area contributed by atoms with Crippen LogP contribution in [0.15, 0.2) is 29.2 Å². The van der Waals surface area contributed by atoms with Crippen LogP contribution >= 0.6 is 35.3 Å². The first-order valence-electron chi connectivity index (χ1n) is 9.47. The number of carbonyl (C=O) groups is 3. The van der Waals surface area contributed by atoms with Crippen LogP contribution in [0.2, 0.25) is 0 Å². The normalized spacial score (nSPS) is 14.9. The number of thioether (sulfide) groups is 1. The number of benzene rings is 1. The van der Waals surface area contributed by atoms with Crippen molar-refractivity contribution in [1.82, 2.24) is 15.1 Å². The Morgan fingerprint density at radius 3 is 2.65 bits per heavy atom. The summed E-state index contributed by atoms with van der Waals surface area (Å²) < 4.78 is 5.14. The first-order chi connectivity index (χ1) is 14.9. The quantitative estimate of drug-likeness (QED) is 0.351. The molecule has 162 valence electrons.